The number of anilines is 2. The third-order valence-corrected chi connectivity index (χ3v) is 6.89. The van der Waals surface area contributed by atoms with Crippen LogP contribution in [0.2, 0.25) is 5.02 Å². The molecule has 31 heavy (non-hydrogen) atoms. The molecule has 1 aliphatic heterocycles. The minimum Gasteiger partial charge on any atom is -0.346 e. The normalized spacial score (nSPS) is 16.4. The van der Waals surface area contributed by atoms with Gasteiger partial charge in [-0.15, -0.1) is 0 Å². The van der Waals surface area contributed by atoms with Crippen LogP contribution in [0.4, 0.5) is 11.4 Å². The molecule has 6 nitrogen and oxygen atoms in total. The molecule has 1 atom stereocenters. The maximum Gasteiger partial charge on any atom is 0.262 e. The molecule has 1 amide bonds. The largest absolute Gasteiger partial charge is 0.346 e. The van der Waals surface area contributed by atoms with E-state index >= 15 is 0 Å². The molecule has 2 N–H and O–H groups in total. The van der Waals surface area contributed by atoms with Crippen LogP contribution in [0, 0.1) is 6.92 Å². The van der Waals surface area contributed by atoms with E-state index in [0.717, 1.165) is 16.8 Å². The monoisotopic (exact) mass is 455 g/mol. The lowest BCUT2D eigenvalue weighted by atomic mass is 10.0. The summed E-state index contributed by atoms with van der Waals surface area (Å²) in [6.45, 7) is 4.39. The Labute approximate surface area is 186 Å². The fraction of sp³-hybridized carbons (Fsp3) is 0.174. The van der Waals surface area contributed by atoms with E-state index in [1.165, 1.54) is 12.1 Å². The number of fused-ring (bicyclic) bond motifs is 1. The Morgan fingerprint density at radius 1 is 1.00 bits per heavy atom. The van der Waals surface area contributed by atoms with Crippen molar-refractivity contribution in [2.24, 2.45) is 5.14 Å². The molecule has 4 rings (SSSR count). The van der Waals surface area contributed by atoms with E-state index in [0.29, 0.717) is 12.2 Å². The molecular weight excluding hydrogens is 434 g/mol. The van der Waals surface area contributed by atoms with Crippen molar-refractivity contribution in [3.05, 3.63) is 88.4 Å². The van der Waals surface area contributed by atoms with Gasteiger partial charge in [0.1, 0.15) is 11.1 Å². The third-order valence-electron chi connectivity index (χ3n) is 5.51. The van der Waals surface area contributed by atoms with E-state index in [4.69, 9.17) is 16.7 Å². The van der Waals surface area contributed by atoms with Gasteiger partial charge in [-0.3, -0.25) is 9.69 Å². The van der Waals surface area contributed by atoms with Crippen molar-refractivity contribution < 1.29 is 13.2 Å². The average molecular weight is 456 g/mol. The second kappa shape index (κ2) is 8.00. The predicted octanol–water partition coefficient (Wildman–Crippen LogP) is 4.31. The fourth-order valence-corrected chi connectivity index (χ4v) is 5.05. The molecule has 1 heterocycles. The van der Waals surface area contributed by atoms with E-state index in [1.807, 2.05) is 73.3 Å². The smallest absolute Gasteiger partial charge is 0.262 e. The number of aryl methyl sites for hydroxylation is 1. The first kappa shape index (κ1) is 21.4. The summed E-state index contributed by atoms with van der Waals surface area (Å²) in [5.74, 6) is -0.303. The van der Waals surface area contributed by atoms with Crippen molar-refractivity contribution in [2.45, 2.75) is 31.5 Å². The topological polar surface area (TPSA) is 83.7 Å². The van der Waals surface area contributed by atoms with Crippen LogP contribution in [0.25, 0.3) is 0 Å². The minimum absolute atomic E-state index is 0.0105. The number of para-hydroxylation sites is 1. The van der Waals surface area contributed by atoms with Gasteiger partial charge in [0.15, 0.2) is 0 Å². The van der Waals surface area contributed by atoms with Crippen molar-refractivity contribution in [3.8, 4) is 0 Å². The minimum atomic E-state index is -4.09. The molecule has 8 heteroatoms. The second-order valence-corrected chi connectivity index (χ2v) is 9.49. The third kappa shape index (κ3) is 3.92. The number of rotatable bonds is 4. The van der Waals surface area contributed by atoms with Crippen LogP contribution in [0.5, 0.6) is 0 Å². The number of primary sulfonamides is 1. The van der Waals surface area contributed by atoms with Gasteiger partial charge in [0, 0.05) is 12.2 Å². The summed E-state index contributed by atoms with van der Waals surface area (Å²) in [4.78, 5) is 17.0. The fourth-order valence-electron chi connectivity index (χ4n) is 3.95. The highest BCUT2D eigenvalue weighted by molar-refractivity contribution is 7.89. The molecule has 160 valence electrons. The van der Waals surface area contributed by atoms with Crippen LogP contribution < -0.4 is 14.9 Å². The van der Waals surface area contributed by atoms with E-state index < -0.39 is 10.0 Å². The lowest BCUT2D eigenvalue weighted by Crippen LogP contribution is -2.54. The Kier molecular flexibility index (Phi) is 5.51. The predicted molar refractivity (Wildman–Crippen MR) is 123 cm³/mol. The maximum absolute atomic E-state index is 13.6. The quantitative estimate of drug-likeness (QED) is 0.635. The lowest BCUT2D eigenvalue weighted by Gasteiger charge is -2.44. The van der Waals surface area contributed by atoms with Gasteiger partial charge in [0.25, 0.3) is 5.91 Å². The van der Waals surface area contributed by atoms with E-state index in [2.05, 4.69) is 0 Å². The summed E-state index contributed by atoms with van der Waals surface area (Å²) in [6.07, 6.45) is -0.335. The Morgan fingerprint density at radius 3 is 2.29 bits per heavy atom. The summed E-state index contributed by atoms with van der Waals surface area (Å²) in [5.41, 5.74) is 3.56. The Hall–Kier alpha value is -2.87. The number of amides is 1. The lowest BCUT2D eigenvalue weighted by molar-refractivity contribution is 0.0970. The maximum atomic E-state index is 13.6. The highest BCUT2D eigenvalue weighted by atomic mass is 35.5. The van der Waals surface area contributed by atoms with Crippen LogP contribution in [0.3, 0.4) is 0 Å². The number of carbonyl (C=O) groups is 1. The number of hydrogen-bond donors (Lipinski definition) is 1. The summed E-state index contributed by atoms with van der Waals surface area (Å²) in [5, 5.41) is 5.33. The summed E-state index contributed by atoms with van der Waals surface area (Å²) < 4.78 is 24.1. The van der Waals surface area contributed by atoms with Gasteiger partial charge in [-0.1, -0.05) is 60.1 Å². The van der Waals surface area contributed by atoms with Crippen molar-refractivity contribution >= 4 is 38.9 Å². The zero-order chi connectivity index (χ0) is 22.3. The molecule has 0 saturated carbocycles. The number of carbonyl (C=O) groups excluding carboxylic acids is 1. The van der Waals surface area contributed by atoms with Crippen molar-refractivity contribution in [2.75, 3.05) is 9.80 Å². The van der Waals surface area contributed by atoms with Crippen LogP contribution >= 0.6 is 11.6 Å². The van der Waals surface area contributed by atoms with Crippen LogP contribution in [-0.4, -0.2) is 20.5 Å². The Bertz CT molecular complexity index is 1260. The first-order valence-corrected chi connectivity index (χ1v) is 11.7. The summed E-state index contributed by atoms with van der Waals surface area (Å²) >= 11 is 6.28. The molecule has 1 aliphatic rings. The molecule has 0 bridgehead atoms. The number of nitrogens with two attached hydrogens (primary N) is 1. The highest BCUT2D eigenvalue weighted by Crippen LogP contribution is 2.39. The molecule has 0 fully saturated rings. The molecule has 3 aromatic rings. The molecule has 0 radical (unpaired) electrons. The van der Waals surface area contributed by atoms with Crippen molar-refractivity contribution in [1.82, 2.24) is 0 Å². The number of sulfonamides is 1. The van der Waals surface area contributed by atoms with Gasteiger partial charge in [-0.2, -0.15) is 0 Å². The SMILES string of the molecule is Cc1ccccc1N1C(=O)c2cc(S(N)(=O)=O)c(Cl)cc2N(Cc2ccccc2)C1C. The van der Waals surface area contributed by atoms with Crippen LogP contribution in [0.15, 0.2) is 71.6 Å². The summed E-state index contributed by atoms with van der Waals surface area (Å²) in [6, 6.07) is 20.2. The molecule has 0 aliphatic carbocycles. The molecular formula is C23H22ClN3O3S. The van der Waals surface area contributed by atoms with E-state index in [9.17, 15) is 13.2 Å². The van der Waals surface area contributed by atoms with E-state index in [-0.39, 0.29) is 27.6 Å². The van der Waals surface area contributed by atoms with Gasteiger partial charge in [-0.25, -0.2) is 13.6 Å². The Morgan fingerprint density at radius 2 is 1.65 bits per heavy atom. The zero-order valence-corrected chi connectivity index (χ0v) is 18.7. The van der Waals surface area contributed by atoms with Crippen molar-refractivity contribution in [3.63, 3.8) is 0 Å². The number of benzene rings is 3. The molecule has 1 unspecified atom stereocenters. The van der Waals surface area contributed by atoms with Crippen LogP contribution in [0.1, 0.15) is 28.4 Å². The highest BCUT2D eigenvalue weighted by Gasteiger charge is 2.38. The first-order valence-electron chi connectivity index (χ1n) is 9.74. The number of hydrogen-bond acceptors (Lipinski definition) is 4. The van der Waals surface area contributed by atoms with Crippen molar-refractivity contribution in [1.29, 1.82) is 0 Å². The zero-order valence-electron chi connectivity index (χ0n) is 17.1. The van der Waals surface area contributed by atoms with Gasteiger partial charge < -0.3 is 4.90 Å². The molecule has 0 aromatic heterocycles. The second-order valence-electron chi connectivity index (χ2n) is 7.55. The number of nitrogens with zero attached hydrogens (tertiary/aromatic N) is 2. The Balaban J connectivity index is 1.93. The standard InChI is InChI=1S/C23H22ClN3O3S/c1-15-8-6-7-11-20(15)27-16(2)26(14-17-9-4-3-5-10-17)21-13-19(24)22(31(25,29)30)12-18(21)23(27)28/h3-13,16H,14H2,1-2H3,(H2,25,29,30). The van der Waals surface area contributed by atoms with Gasteiger partial charge >= 0.3 is 0 Å². The first-order chi connectivity index (χ1) is 14.7. The number of halogens is 1. The molecule has 0 saturated heterocycles. The molecule has 3 aromatic carbocycles. The van der Waals surface area contributed by atoms with Gasteiger partial charge in [0.2, 0.25) is 10.0 Å². The van der Waals surface area contributed by atoms with Gasteiger partial charge in [0.05, 0.1) is 16.3 Å². The average Bonchev–Trinajstić information content (AvgIpc) is 2.72. The van der Waals surface area contributed by atoms with Gasteiger partial charge in [-0.05, 0) is 43.2 Å². The molecule has 0 spiro atoms. The van der Waals surface area contributed by atoms with E-state index in [1.54, 1.807) is 4.90 Å². The summed E-state index contributed by atoms with van der Waals surface area (Å²) in [7, 11) is -4.09. The van der Waals surface area contributed by atoms with Crippen LogP contribution in [-0.2, 0) is 16.6 Å².